The highest BCUT2D eigenvalue weighted by atomic mass is 19.1. The van der Waals surface area contributed by atoms with Crippen molar-refractivity contribution in [2.45, 2.75) is 0 Å². The minimum atomic E-state index is -0.374. The van der Waals surface area contributed by atoms with Crippen LogP contribution in [-0.2, 0) is 0 Å². The summed E-state index contributed by atoms with van der Waals surface area (Å²) in [6.45, 7) is 0. The number of allylic oxidation sites excluding steroid dienone is 5. The predicted molar refractivity (Wildman–Crippen MR) is 131 cm³/mol. The van der Waals surface area contributed by atoms with E-state index in [9.17, 15) is 4.39 Å². The molecule has 3 aromatic carbocycles. The van der Waals surface area contributed by atoms with Crippen LogP contribution in [0, 0.1) is 5.82 Å². The molecule has 0 fully saturated rings. The normalized spacial score (nSPS) is 12.8. The first-order valence-electron chi connectivity index (χ1n) is 10.5. The highest BCUT2D eigenvalue weighted by Gasteiger charge is 2.14. The van der Waals surface area contributed by atoms with E-state index in [0.717, 1.165) is 16.7 Å². The first-order valence-corrected chi connectivity index (χ1v) is 10.5. The van der Waals surface area contributed by atoms with Gasteiger partial charge in [0.05, 0.1) is 0 Å². The van der Waals surface area contributed by atoms with Crippen LogP contribution < -0.4 is 0 Å². The van der Waals surface area contributed by atoms with Crippen molar-refractivity contribution < 1.29 is 4.39 Å². The highest BCUT2D eigenvalue weighted by molar-refractivity contribution is 5.81. The van der Waals surface area contributed by atoms with E-state index in [1.54, 1.807) is 12.4 Å². The van der Waals surface area contributed by atoms with Crippen LogP contribution in [0.4, 0.5) is 4.39 Å². The number of hydrogen-bond donors (Lipinski definition) is 0. The Balaban J connectivity index is 1.67. The van der Waals surface area contributed by atoms with Gasteiger partial charge in [-0.1, -0.05) is 78.9 Å². The van der Waals surface area contributed by atoms with E-state index in [2.05, 4.69) is 4.99 Å². The largest absolute Gasteiger partial charge is 0.264 e. The van der Waals surface area contributed by atoms with Crippen molar-refractivity contribution in [1.29, 1.82) is 0 Å². The maximum atomic E-state index is 14.7. The van der Waals surface area contributed by atoms with Crippen LogP contribution in [0.3, 0.4) is 0 Å². The second-order valence-corrected chi connectivity index (χ2v) is 7.39. The fraction of sp³-hybridized carbons (Fsp3) is 0. The third kappa shape index (κ3) is 4.72. The Morgan fingerprint density at radius 2 is 1.12 bits per heavy atom. The van der Waals surface area contributed by atoms with E-state index in [4.69, 9.17) is 15.0 Å². The first-order chi connectivity index (χ1) is 16.3. The summed E-state index contributed by atoms with van der Waals surface area (Å²) in [4.78, 5) is 18.3. The molecule has 0 unspecified atom stereocenters. The van der Waals surface area contributed by atoms with Crippen LogP contribution in [-0.4, -0.2) is 21.2 Å². The van der Waals surface area contributed by atoms with E-state index >= 15 is 0 Å². The summed E-state index contributed by atoms with van der Waals surface area (Å²) >= 11 is 0. The lowest BCUT2D eigenvalue weighted by Gasteiger charge is -2.10. The molecule has 158 valence electrons. The highest BCUT2D eigenvalue weighted by Crippen LogP contribution is 2.28. The average molecular weight is 430 g/mol. The van der Waals surface area contributed by atoms with Gasteiger partial charge in [-0.3, -0.25) is 4.99 Å². The van der Waals surface area contributed by atoms with E-state index in [1.165, 1.54) is 12.1 Å². The predicted octanol–water partition coefficient (Wildman–Crippen LogP) is 6.55. The second kappa shape index (κ2) is 9.32. The quantitative estimate of drug-likeness (QED) is 0.369. The zero-order valence-corrected chi connectivity index (χ0v) is 17.6. The SMILES string of the molecule is Fc1cc(C2=CN=CC=CC=C2)cc(-c2nc(-c3ccccc3)nc(-c3ccccc3)n2)c1. The van der Waals surface area contributed by atoms with Crippen molar-refractivity contribution in [2.75, 3.05) is 0 Å². The standard InChI is InChI=1S/C28H19FN4/c29-25-17-23(22-14-8-3-9-15-30-19-22)16-24(18-25)28-32-26(20-10-4-1-5-11-20)31-27(33-28)21-12-6-2-7-13-21/h1-19H. The van der Waals surface area contributed by atoms with Crippen molar-refractivity contribution in [3.8, 4) is 34.2 Å². The van der Waals surface area contributed by atoms with Crippen LogP contribution in [0.25, 0.3) is 39.7 Å². The number of rotatable bonds is 4. The lowest BCUT2D eigenvalue weighted by Crippen LogP contribution is -2.00. The topological polar surface area (TPSA) is 51.0 Å². The molecule has 0 radical (unpaired) electrons. The monoisotopic (exact) mass is 430 g/mol. The Hall–Kier alpha value is -4.51. The maximum Gasteiger partial charge on any atom is 0.164 e. The molecule has 1 aromatic heterocycles. The van der Waals surface area contributed by atoms with Gasteiger partial charge in [0.1, 0.15) is 5.82 Å². The van der Waals surface area contributed by atoms with Gasteiger partial charge in [0.15, 0.2) is 17.5 Å². The lowest BCUT2D eigenvalue weighted by molar-refractivity contribution is 0.627. The number of aliphatic imine (C=N–C) groups is 1. The summed E-state index contributed by atoms with van der Waals surface area (Å²) in [7, 11) is 0. The van der Waals surface area contributed by atoms with Gasteiger partial charge in [-0.05, 0) is 29.8 Å². The molecule has 5 rings (SSSR count). The molecule has 0 amide bonds. The van der Waals surface area contributed by atoms with Gasteiger partial charge < -0.3 is 0 Å². The van der Waals surface area contributed by atoms with Crippen LogP contribution in [0.5, 0.6) is 0 Å². The molecule has 5 heteroatoms. The maximum absolute atomic E-state index is 14.7. The molecule has 1 aliphatic heterocycles. The van der Waals surface area contributed by atoms with Crippen molar-refractivity contribution in [1.82, 2.24) is 15.0 Å². The zero-order chi connectivity index (χ0) is 22.5. The summed E-state index contributed by atoms with van der Waals surface area (Å²) in [5.74, 6) is 1.10. The molecule has 2 heterocycles. The smallest absolute Gasteiger partial charge is 0.164 e. The molecule has 0 atom stereocenters. The summed E-state index contributed by atoms with van der Waals surface area (Å²) in [6.07, 6.45) is 10.9. The van der Waals surface area contributed by atoms with Crippen LogP contribution in [0.2, 0.25) is 0 Å². The van der Waals surface area contributed by atoms with Crippen molar-refractivity contribution in [2.24, 2.45) is 4.99 Å². The van der Waals surface area contributed by atoms with Crippen LogP contribution in [0.1, 0.15) is 5.56 Å². The van der Waals surface area contributed by atoms with Crippen LogP contribution >= 0.6 is 0 Å². The molecular formula is C28H19FN4. The Morgan fingerprint density at radius 3 is 1.76 bits per heavy atom. The van der Waals surface area contributed by atoms with Gasteiger partial charge >= 0.3 is 0 Å². The lowest BCUT2D eigenvalue weighted by atomic mass is 10.0. The third-order valence-electron chi connectivity index (χ3n) is 5.07. The van der Waals surface area contributed by atoms with E-state index in [-0.39, 0.29) is 5.82 Å². The third-order valence-corrected chi connectivity index (χ3v) is 5.07. The minimum Gasteiger partial charge on any atom is -0.264 e. The molecule has 1 aliphatic rings. The molecule has 0 saturated carbocycles. The van der Waals surface area contributed by atoms with Crippen LogP contribution in [0.15, 0.2) is 114 Å². The Bertz CT molecular complexity index is 1350. The van der Waals surface area contributed by atoms with Gasteiger partial charge in [-0.2, -0.15) is 0 Å². The Kier molecular flexibility index (Phi) is 5.76. The molecule has 0 N–H and O–H groups in total. The van der Waals surface area contributed by atoms with Crippen molar-refractivity contribution >= 4 is 11.8 Å². The summed E-state index contributed by atoms with van der Waals surface area (Å²) < 4.78 is 14.7. The van der Waals surface area contributed by atoms with E-state index in [1.807, 2.05) is 91.0 Å². The van der Waals surface area contributed by atoms with Crippen molar-refractivity contribution in [3.05, 3.63) is 121 Å². The van der Waals surface area contributed by atoms with E-state index in [0.29, 0.717) is 28.6 Å². The molecule has 4 nitrogen and oxygen atoms in total. The second-order valence-electron chi connectivity index (χ2n) is 7.39. The Morgan fingerprint density at radius 1 is 0.545 bits per heavy atom. The summed E-state index contributed by atoms with van der Waals surface area (Å²) in [6, 6.07) is 24.2. The molecular weight excluding hydrogens is 411 g/mol. The average Bonchev–Trinajstić information content (AvgIpc) is 2.84. The number of nitrogens with zero attached hydrogens (tertiary/aromatic N) is 4. The van der Waals surface area contributed by atoms with Gasteiger partial charge in [0, 0.05) is 34.7 Å². The molecule has 0 spiro atoms. The molecule has 0 aliphatic carbocycles. The van der Waals surface area contributed by atoms with Crippen molar-refractivity contribution in [3.63, 3.8) is 0 Å². The summed E-state index contributed by atoms with van der Waals surface area (Å²) in [5.41, 5.74) is 3.77. The van der Waals surface area contributed by atoms with Gasteiger partial charge in [-0.25, -0.2) is 19.3 Å². The molecule has 33 heavy (non-hydrogen) atoms. The molecule has 0 bridgehead atoms. The minimum absolute atomic E-state index is 0.374. The van der Waals surface area contributed by atoms with Gasteiger partial charge in [0.25, 0.3) is 0 Å². The molecule has 4 aromatic rings. The summed E-state index contributed by atoms with van der Waals surface area (Å²) in [5, 5.41) is 0. The van der Waals surface area contributed by atoms with Gasteiger partial charge in [0.2, 0.25) is 0 Å². The fourth-order valence-corrected chi connectivity index (χ4v) is 3.48. The first kappa shape index (κ1) is 20.4. The van der Waals surface area contributed by atoms with Gasteiger partial charge in [-0.15, -0.1) is 0 Å². The zero-order valence-electron chi connectivity index (χ0n) is 17.6. The number of hydrogen-bond acceptors (Lipinski definition) is 4. The fourth-order valence-electron chi connectivity index (χ4n) is 3.48. The number of benzene rings is 3. The Labute approximate surface area is 191 Å². The molecule has 0 saturated heterocycles. The number of halogens is 1. The van der Waals surface area contributed by atoms with E-state index < -0.39 is 0 Å². The number of aromatic nitrogens is 3.